The average molecular weight is 469 g/mol. The molecule has 0 spiro atoms. The van der Waals surface area contributed by atoms with Gasteiger partial charge in [-0.05, 0) is 54.1 Å². The quantitative estimate of drug-likeness (QED) is 0.559. The summed E-state index contributed by atoms with van der Waals surface area (Å²) in [6, 6.07) is 23.8. The van der Waals surface area contributed by atoms with Gasteiger partial charge in [-0.3, -0.25) is 0 Å². The highest BCUT2D eigenvalue weighted by atomic mass is 35.5. The number of benzene rings is 3. The van der Waals surface area contributed by atoms with E-state index in [4.69, 9.17) is 16.6 Å². The van der Waals surface area contributed by atoms with Gasteiger partial charge in [0.1, 0.15) is 5.84 Å². The lowest BCUT2D eigenvalue weighted by molar-refractivity contribution is 0.0431. The monoisotopic (exact) mass is 468 g/mol. The number of halogens is 1. The molecule has 7 heteroatoms. The molecule has 1 heterocycles. The minimum absolute atomic E-state index is 0.0402. The number of amidine groups is 1. The summed E-state index contributed by atoms with van der Waals surface area (Å²) in [7, 11) is -3.30. The van der Waals surface area contributed by atoms with Gasteiger partial charge in [-0.2, -0.15) is 0 Å². The van der Waals surface area contributed by atoms with E-state index in [0.29, 0.717) is 10.9 Å². The van der Waals surface area contributed by atoms with Gasteiger partial charge in [-0.1, -0.05) is 55.8 Å². The second-order valence-electron chi connectivity index (χ2n) is 7.94. The van der Waals surface area contributed by atoms with Crippen molar-refractivity contribution in [1.82, 2.24) is 0 Å². The molecule has 0 saturated carbocycles. The summed E-state index contributed by atoms with van der Waals surface area (Å²) >= 11 is 6.08. The predicted molar refractivity (Wildman–Crippen MR) is 129 cm³/mol. The van der Waals surface area contributed by atoms with Gasteiger partial charge in [0, 0.05) is 22.2 Å². The number of anilines is 1. The highest BCUT2D eigenvalue weighted by Gasteiger charge is 2.43. The van der Waals surface area contributed by atoms with Gasteiger partial charge in [0.2, 0.25) is 0 Å². The molecule has 3 aromatic carbocycles. The van der Waals surface area contributed by atoms with Crippen LogP contribution in [0.1, 0.15) is 30.9 Å². The van der Waals surface area contributed by atoms with Crippen molar-refractivity contribution >= 4 is 33.0 Å². The van der Waals surface area contributed by atoms with Gasteiger partial charge < -0.3 is 10.0 Å². The maximum Gasteiger partial charge on any atom is 0.183 e. The smallest absolute Gasteiger partial charge is 0.183 e. The Kier molecular flexibility index (Phi) is 6.12. The molecule has 1 aliphatic rings. The lowest BCUT2D eigenvalue weighted by Crippen LogP contribution is -2.40. The molecule has 0 aliphatic carbocycles. The van der Waals surface area contributed by atoms with Crippen molar-refractivity contribution in [2.75, 3.05) is 17.2 Å². The summed E-state index contributed by atoms with van der Waals surface area (Å²) in [5, 5.41) is 12.2. The van der Waals surface area contributed by atoms with Gasteiger partial charge in [0.05, 0.1) is 17.2 Å². The third kappa shape index (κ3) is 4.31. The van der Waals surface area contributed by atoms with Crippen LogP contribution in [-0.2, 0) is 9.84 Å². The maximum absolute atomic E-state index is 12.2. The van der Waals surface area contributed by atoms with Crippen LogP contribution in [0.2, 0.25) is 5.02 Å². The molecule has 4 rings (SSSR count). The molecule has 1 N–H and O–H groups in total. The van der Waals surface area contributed by atoms with Crippen molar-refractivity contribution in [1.29, 1.82) is 0 Å². The van der Waals surface area contributed by atoms with Gasteiger partial charge in [0.15, 0.2) is 15.6 Å². The predicted octanol–water partition coefficient (Wildman–Crippen LogP) is 4.89. The van der Waals surface area contributed by atoms with Crippen molar-refractivity contribution in [2.24, 2.45) is 4.99 Å². The number of aliphatic imine (C=N–C) groups is 1. The van der Waals surface area contributed by atoms with E-state index in [0.717, 1.165) is 16.8 Å². The van der Waals surface area contributed by atoms with Crippen LogP contribution in [0, 0.1) is 0 Å². The maximum atomic E-state index is 12.2. The molecular weight excluding hydrogens is 444 g/mol. The van der Waals surface area contributed by atoms with Crippen molar-refractivity contribution < 1.29 is 13.5 Å². The fourth-order valence-corrected chi connectivity index (χ4v) is 4.87. The van der Waals surface area contributed by atoms with E-state index in [1.807, 2.05) is 54.3 Å². The van der Waals surface area contributed by atoms with Gasteiger partial charge in [-0.15, -0.1) is 0 Å². The lowest BCUT2D eigenvalue weighted by atomic mass is 9.90. The molecule has 5 nitrogen and oxygen atoms in total. The minimum atomic E-state index is -3.30. The number of rotatable bonds is 6. The Bertz CT molecular complexity index is 1230. The van der Waals surface area contributed by atoms with Crippen molar-refractivity contribution in [3.8, 4) is 0 Å². The van der Waals surface area contributed by atoms with E-state index in [-0.39, 0.29) is 23.1 Å². The first-order valence-corrected chi connectivity index (χ1v) is 12.5. The van der Waals surface area contributed by atoms with Crippen LogP contribution in [0.3, 0.4) is 0 Å². The summed E-state index contributed by atoms with van der Waals surface area (Å²) in [4.78, 5) is 6.99. The Balaban J connectivity index is 1.77. The Morgan fingerprint density at radius 1 is 1.03 bits per heavy atom. The first-order chi connectivity index (χ1) is 15.2. The molecule has 3 aromatic rings. The third-order valence-corrected chi connectivity index (χ3v) is 7.93. The number of hydrogen-bond donors (Lipinski definition) is 1. The van der Waals surface area contributed by atoms with Crippen molar-refractivity contribution in [3.63, 3.8) is 0 Å². The van der Waals surface area contributed by atoms with Crippen LogP contribution < -0.4 is 4.90 Å². The zero-order valence-electron chi connectivity index (χ0n) is 17.9. The Morgan fingerprint density at radius 2 is 1.66 bits per heavy atom. The largest absolute Gasteiger partial charge is 0.367 e. The molecule has 0 radical (unpaired) electrons. The van der Waals surface area contributed by atoms with Crippen molar-refractivity contribution in [2.45, 2.75) is 30.4 Å². The number of nitrogens with zero attached hydrogens (tertiary/aromatic N) is 2. The fourth-order valence-electron chi connectivity index (χ4n) is 3.86. The second-order valence-corrected chi connectivity index (χ2v) is 10.7. The normalized spacial score (nSPS) is 19.6. The fraction of sp³-hybridized carbons (Fsp3) is 0.240. The summed E-state index contributed by atoms with van der Waals surface area (Å²) < 4.78 is 24.4. The van der Waals surface area contributed by atoms with Crippen LogP contribution in [0.5, 0.6) is 0 Å². The third-order valence-electron chi connectivity index (χ3n) is 5.93. The summed E-state index contributed by atoms with van der Waals surface area (Å²) in [5.41, 5.74) is 1.20. The van der Waals surface area contributed by atoms with Gasteiger partial charge >= 0.3 is 0 Å². The molecule has 0 saturated heterocycles. The van der Waals surface area contributed by atoms with Crippen LogP contribution in [0.15, 0.2) is 88.8 Å². The Morgan fingerprint density at radius 3 is 2.25 bits per heavy atom. The molecule has 1 aliphatic heterocycles. The first kappa shape index (κ1) is 22.5. The van der Waals surface area contributed by atoms with Crippen LogP contribution in [-0.4, -0.2) is 37.4 Å². The highest BCUT2D eigenvalue weighted by Crippen LogP contribution is 2.37. The zero-order valence-corrected chi connectivity index (χ0v) is 19.5. The van der Waals surface area contributed by atoms with Crippen molar-refractivity contribution in [3.05, 3.63) is 95.0 Å². The van der Waals surface area contributed by atoms with E-state index < -0.39 is 15.6 Å². The molecular formula is C25H25ClN2O3S. The highest BCUT2D eigenvalue weighted by molar-refractivity contribution is 7.91. The molecule has 0 fully saturated rings. The van der Waals surface area contributed by atoms with Crippen LogP contribution in [0.25, 0.3) is 0 Å². The van der Waals surface area contributed by atoms with Gasteiger partial charge in [-0.25, -0.2) is 13.4 Å². The van der Waals surface area contributed by atoms with Crippen LogP contribution in [0.4, 0.5) is 5.69 Å². The number of aliphatic hydroxyl groups is 1. The van der Waals surface area contributed by atoms with E-state index in [1.165, 1.54) is 0 Å². The van der Waals surface area contributed by atoms with E-state index in [1.54, 1.807) is 43.3 Å². The number of β-amino-alcohol motifs (C(OH)–C–C–N with tert-alkyl or cyclic N) is 1. The summed E-state index contributed by atoms with van der Waals surface area (Å²) in [5.74, 6) is 0.368. The standard InChI is InChI=1S/C25H25ClN2O3S/c1-3-32(30,31)23-15-9-20(10-16-23)24-27-25(29,18(2)19-7-5-4-6-8-19)17-28(24)22-13-11-21(26)12-14-22/h4-16,18,29H,3,17H2,1-2H3. The Labute approximate surface area is 193 Å². The molecule has 2 atom stereocenters. The minimum Gasteiger partial charge on any atom is -0.367 e. The number of sulfone groups is 1. The molecule has 2 unspecified atom stereocenters. The molecule has 166 valence electrons. The van der Waals surface area contributed by atoms with E-state index in [9.17, 15) is 13.5 Å². The Hall–Kier alpha value is -2.67. The molecule has 0 bridgehead atoms. The van der Waals surface area contributed by atoms with E-state index >= 15 is 0 Å². The first-order valence-electron chi connectivity index (χ1n) is 10.5. The molecule has 32 heavy (non-hydrogen) atoms. The topological polar surface area (TPSA) is 70.0 Å². The lowest BCUT2D eigenvalue weighted by Gasteiger charge is -2.29. The second kappa shape index (κ2) is 8.70. The average Bonchev–Trinajstić information content (AvgIpc) is 3.18. The van der Waals surface area contributed by atoms with Gasteiger partial charge in [0.25, 0.3) is 0 Å². The number of hydrogen-bond acceptors (Lipinski definition) is 5. The molecule has 0 aromatic heterocycles. The van der Waals surface area contributed by atoms with E-state index in [2.05, 4.69) is 0 Å². The van der Waals surface area contributed by atoms with Crippen LogP contribution >= 0.6 is 11.6 Å². The molecule has 0 amide bonds. The zero-order chi connectivity index (χ0) is 22.9. The summed E-state index contributed by atoms with van der Waals surface area (Å²) in [6.45, 7) is 3.84. The SMILES string of the molecule is CCS(=O)(=O)c1ccc(C2=NC(O)(C(C)c3ccccc3)CN2c2ccc(Cl)cc2)cc1. The summed E-state index contributed by atoms with van der Waals surface area (Å²) in [6.07, 6.45) is 0.